The molecule has 168 valence electrons. The first-order valence-corrected chi connectivity index (χ1v) is 10.3. The molecular weight excluding hydrogens is 419 g/mol. The number of hydrogen-bond acceptors (Lipinski definition) is 4. The highest BCUT2D eigenvalue weighted by Crippen LogP contribution is 2.38. The molecule has 1 aromatic carbocycles. The number of fused-ring (bicyclic) bond motifs is 1. The van der Waals surface area contributed by atoms with E-state index in [1.54, 1.807) is 24.4 Å². The van der Waals surface area contributed by atoms with Gasteiger partial charge in [0.05, 0.1) is 18.4 Å². The van der Waals surface area contributed by atoms with Crippen molar-refractivity contribution in [3.63, 3.8) is 0 Å². The number of methoxy groups -OCH3 is 1. The molecule has 0 radical (unpaired) electrons. The molecule has 3 aliphatic heterocycles. The van der Waals surface area contributed by atoms with Gasteiger partial charge in [-0.05, 0) is 48.4 Å². The Kier molecular flexibility index (Phi) is 5.97. The van der Waals surface area contributed by atoms with E-state index in [1.807, 2.05) is 12.2 Å². The Morgan fingerprint density at radius 2 is 1.94 bits per heavy atom. The molecule has 0 spiro atoms. The maximum Gasteiger partial charge on any atom is 0.419 e. The highest BCUT2D eigenvalue weighted by Gasteiger charge is 2.34. The standard InChI is InChI=1S/C24H24F3N3O2/c1-16-14-29(11-10-28-16)20-8-7-19-5-3-4-17(13-23(31)30(19)15-20)18-6-9-22(32-2)21(12-18)24(25,26)27/h3-9,12-13,15-16,28H,10-11,14H2,1-2H3/b4-3+,17-13+,19-5+/t16-/m0/s1. The predicted molar refractivity (Wildman–Crippen MR) is 116 cm³/mol. The van der Waals surface area contributed by atoms with E-state index in [1.165, 1.54) is 30.2 Å². The van der Waals surface area contributed by atoms with E-state index in [0.717, 1.165) is 31.4 Å². The van der Waals surface area contributed by atoms with Crippen LogP contribution in [0.1, 0.15) is 18.1 Å². The van der Waals surface area contributed by atoms with Crippen LogP contribution in [-0.4, -0.2) is 48.5 Å². The number of ether oxygens (including phenoxy) is 1. The molecule has 3 aliphatic rings. The summed E-state index contributed by atoms with van der Waals surface area (Å²) in [7, 11) is 1.20. The fourth-order valence-electron chi connectivity index (χ4n) is 3.97. The lowest BCUT2D eigenvalue weighted by molar-refractivity contribution is -0.138. The van der Waals surface area contributed by atoms with Crippen LogP contribution in [0.3, 0.4) is 0 Å². The van der Waals surface area contributed by atoms with Gasteiger partial charge in [0.1, 0.15) is 5.75 Å². The molecule has 1 amide bonds. The number of nitrogens with zero attached hydrogens (tertiary/aromatic N) is 2. The average Bonchev–Trinajstić information content (AvgIpc) is 2.76. The molecule has 0 unspecified atom stereocenters. The number of carbonyl (C=O) groups excluding carboxylic acids is 1. The normalized spacial score (nSPS) is 25.6. The van der Waals surface area contributed by atoms with Gasteiger partial charge in [-0.3, -0.25) is 9.69 Å². The van der Waals surface area contributed by atoms with Crippen molar-refractivity contribution in [1.82, 2.24) is 15.1 Å². The van der Waals surface area contributed by atoms with Crippen molar-refractivity contribution in [2.45, 2.75) is 19.1 Å². The third-order valence-electron chi connectivity index (χ3n) is 5.60. The number of allylic oxidation sites excluding steroid dienone is 6. The van der Waals surface area contributed by atoms with Gasteiger partial charge in [-0.1, -0.05) is 18.2 Å². The SMILES string of the molecule is COc1ccc(C2=C\C(=O)N3C=C(N4CCN[C@@H](C)C4)C=C\C3=C/C=C/2)cc1C(F)(F)F. The summed E-state index contributed by atoms with van der Waals surface area (Å²) < 4.78 is 45.2. The quantitative estimate of drug-likeness (QED) is 0.765. The van der Waals surface area contributed by atoms with Gasteiger partial charge in [0.2, 0.25) is 0 Å². The van der Waals surface area contributed by atoms with Crippen molar-refractivity contribution < 1.29 is 22.7 Å². The van der Waals surface area contributed by atoms with Crippen LogP contribution in [0.2, 0.25) is 0 Å². The zero-order valence-corrected chi connectivity index (χ0v) is 17.8. The van der Waals surface area contributed by atoms with Crippen molar-refractivity contribution >= 4 is 11.5 Å². The van der Waals surface area contributed by atoms with Crippen LogP contribution in [0.25, 0.3) is 5.57 Å². The Labute approximate surface area is 184 Å². The third-order valence-corrected chi connectivity index (χ3v) is 5.60. The monoisotopic (exact) mass is 443 g/mol. The fraction of sp³-hybridized carbons (Fsp3) is 0.292. The summed E-state index contributed by atoms with van der Waals surface area (Å²) in [5, 5.41) is 3.39. The highest BCUT2D eigenvalue weighted by atomic mass is 19.4. The maximum atomic E-state index is 13.4. The summed E-state index contributed by atoms with van der Waals surface area (Å²) in [6.07, 6.45) is 7.56. The molecule has 1 aromatic rings. The number of carbonyl (C=O) groups is 1. The summed E-state index contributed by atoms with van der Waals surface area (Å²) in [6.45, 7) is 4.61. The number of hydrogen-bond donors (Lipinski definition) is 1. The second-order valence-corrected chi connectivity index (χ2v) is 7.86. The Morgan fingerprint density at radius 3 is 2.66 bits per heavy atom. The minimum absolute atomic E-state index is 0.260. The number of amides is 1. The Hall–Kier alpha value is -3.26. The molecular formula is C24H24F3N3O2. The number of halogens is 3. The number of nitrogens with one attached hydrogen (secondary N) is 1. The molecule has 1 fully saturated rings. The van der Waals surface area contributed by atoms with Gasteiger partial charge in [0.15, 0.2) is 0 Å². The molecule has 0 saturated carbocycles. The number of alkyl halides is 3. The van der Waals surface area contributed by atoms with Gasteiger partial charge >= 0.3 is 6.18 Å². The minimum Gasteiger partial charge on any atom is -0.496 e. The maximum absolute atomic E-state index is 13.4. The van der Waals surface area contributed by atoms with E-state index in [9.17, 15) is 18.0 Å². The molecule has 1 atom stereocenters. The number of piperazine rings is 1. The van der Waals surface area contributed by atoms with Gasteiger partial charge in [-0.2, -0.15) is 13.2 Å². The molecule has 0 bridgehead atoms. The summed E-state index contributed by atoms with van der Waals surface area (Å²) in [6, 6.07) is 4.13. The predicted octanol–water partition coefficient (Wildman–Crippen LogP) is 4.08. The lowest BCUT2D eigenvalue weighted by Gasteiger charge is -2.36. The Morgan fingerprint density at radius 1 is 1.16 bits per heavy atom. The van der Waals surface area contributed by atoms with Crippen LogP contribution in [-0.2, 0) is 11.0 Å². The smallest absolute Gasteiger partial charge is 0.419 e. The molecule has 8 heteroatoms. The van der Waals surface area contributed by atoms with E-state index in [4.69, 9.17) is 4.74 Å². The van der Waals surface area contributed by atoms with Crippen molar-refractivity contribution in [3.05, 3.63) is 83.4 Å². The Balaban J connectivity index is 1.67. The second kappa shape index (κ2) is 8.70. The average molecular weight is 443 g/mol. The van der Waals surface area contributed by atoms with Gasteiger partial charge in [0.25, 0.3) is 5.91 Å². The molecule has 3 heterocycles. The molecule has 4 rings (SSSR count). The van der Waals surface area contributed by atoms with Crippen LogP contribution < -0.4 is 10.1 Å². The van der Waals surface area contributed by atoms with Crippen LogP contribution in [0, 0.1) is 0 Å². The number of rotatable bonds is 3. The summed E-state index contributed by atoms with van der Waals surface area (Å²) in [4.78, 5) is 16.8. The van der Waals surface area contributed by atoms with Crippen molar-refractivity contribution in [3.8, 4) is 5.75 Å². The van der Waals surface area contributed by atoms with Crippen LogP contribution >= 0.6 is 0 Å². The Bertz CT molecular complexity index is 1070. The van der Waals surface area contributed by atoms with Gasteiger partial charge in [0, 0.05) is 43.6 Å². The van der Waals surface area contributed by atoms with Gasteiger partial charge in [-0.15, -0.1) is 0 Å². The second-order valence-electron chi connectivity index (χ2n) is 7.86. The summed E-state index contributed by atoms with van der Waals surface area (Å²) in [5.74, 6) is -0.589. The zero-order valence-electron chi connectivity index (χ0n) is 17.8. The van der Waals surface area contributed by atoms with E-state index in [-0.39, 0.29) is 17.2 Å². The van der Waals surface area contributed by atoms with E-state index < -0.39 is 11.7 Å². The minimum atomic E-state index is -4.57. The molecule has 32 heavy (non-hydrogen) atoms. The topological polar surface area (TPSA) is 44.8 Å². The van der Waals surface area contributed by atoms with Crippen LogP contribution in [0.5, 0.6) is 5.75 Å². The summed E-state index contributed by atoms with van der Waals surface area (Å²) in [5.41, 5.74) is 1.41. The molecule has 1 saturated heterocycles. The van der Waals surface area contributed by atoms with Gasteiger partial charge in [-0.25, -0.2) is 0 Å². The first kappa shape index (κ1) is 22.0. The van der Waals surface area contributed by atoms with E-state index in [2.05, 4.69) is 17.1 Å². The van der Waals surface area contributed by atoms with Crippen molar-refractivity contribution in [2.75, 3.05) is 26.7 Å². The highest BCUT2D eigenvalue weighted by molar-refractivity contribution is 6.00. The summed E-state index contributed by atoms with van der Waals surface area (Å²) >= 11 is 0. The van der Waals surface area contributed by atoms with Crippen molar-refractivity contribution in [1.29, 1.82) is 0 Å². The third kappa shape index (κ3) is 4.50. The number of benzene rings is 1. The molecule has 0 aliphatic carbocycles. The first-order valence-electron chi connectivity index (χ1n) is 10.3. The van der Waals surface area contributed by atoms with Crippen LogP contribution in [0.4, 0.5) is 13.2 Å². The van der Waals surface area contributed by atoms with Crippen LogP contribution in [0.15, 0.2) is 72.2 Å². The largest absolute Gasteiger partial charge is 0.496 e. The van der Waals surface area contributed by atoms with Crippen molar-refractivity contribution in [2.24, 2.45) is 0 Å². The van der Waals surface area contributed by atoms with Gasteiger partial charge < -0.3 is 15.0 Å². The van der Waals surface area contributed by atoms with E-state index >= 15 is 0 Å². The molecule has 0 aromatic heterocycles. The molecule has 5 nitrogen and oxygen atoms in total. The first-order chi connectivity index (χ1) is 15.3. The fourth-order valence-corrected chi connectivity index (χ4v) is 3.97. The molecule has 1 N–H and O–H groups in total. The lowest BCUT2D eigenvalue weighted by atomic mass is 9.99. The zero-order chi connectivity index (χ0) is 22.9. The lowest BCUT2D eigenvalue weighted by Crippen LogP contribution is -2.48. The van der Waals surface area contributed by atoms with E-state index in [0.29, 0.717) is 17.3 Å².